The Morgan fingerprint density at radius 1 is 1.15 bits per heavy atom. The topological polar surface area (TPSA) is 85.0 Å². The lowest BCUT2D eigenvalue weighted by Crippen LogP contribution is -2.55. The zero-order chi connectivity index (χ0) is 23.6. The molecule has 1 aromatic rings. The minimum atomic E-state index is -0.543. The summed E-state index contributed by atoms with van der Waals surface area (Å²) in [7, 11) is 0. The highest BCUT2D eigenvalue weighted by Crippen LogP contribution is 2.28. The summed E-state index contributed by atoms with van der Waals surface area (Å²) in [5, 5.41) is 5.31. The van der Waals surface area contributed by atoms with Crippen molar-refractivity contribution in [1.82, 2.24) is 15.1 Å². The van der Waals surface area contributed by atoms with E-state index < -0.39 is 6.04 Å². The van der Waals surface area contributed by atoms with E-state index in [1.165, 1.54) is 12.5 Å². The van der Waals surface area contributed by atoms with Gasteiger partial charge in [0.05, 0.1) is 12.2 Å². The number of likely N-dealkylation sites (tertiary alicyclic amines) is 1. The lowest BCUT2D eigenvalue weighted by Gasteiger charge is -2.44. The Morgan fingerprint density at radius 3 is 2.58 bits per heavy atom. The van der Waals surface area contributed by atoms with Crippen molar-refractivity contribution in [2.24, 2.45) is 0 Å². The first-order valence-corrected chi connectivity index (χ1v) is 11.9. The van der Waals surface area contributed by atoms with E-state index in [0.29, 0.717) is 50.5 Å². The van der Waals surface area contributed by atoms with Gasteiger partial charge in [-0.05, 0) is 57.7 Å². The molecule has 3 fully saturated rings. The number of carbonyl (C=O) groups excluding carboxylic acids is 3. The van der Waals surface area contributed by atoms with Crippen molar-refractivity contribution in [2.45, 2.75) is 57.5 Å². The van der Waals surface area contributed by atoms with E-state index in [1.54, 1.807) is 12.1 Å². The number of imide groups is 1. The van der Waals surface area contributed by atoms with Crippen LogP contribution < -0.4 is 15.5 Å². The average molecular weight is 460 g/mol. The first kappa shape index (κ1) is 23.5. The second kappa shape index (κ2) is 9.67. The molecule has 4 rings (SSSR count). The molecule has 3 aliphatic rings. The Hall–Kier alpha value is -2.68. The lowest BCUT2D eigenvalue weighted by molar-refractivity contribution is -0.140. The first-order chi connectivity index (χ1) is 15.7. The van der Waals surface area contributed by atoms with Gasteiger partial charge in [-0.25, -0.2) is 4.39 Å². The molecule has 9 heteroatoms. The average Bonchev–Trinajstić information content (AvgIpc) is 2.76. The Bertz CT molecular complexity index is 913. The molecule has 2 N–H and O–H groups in total. The van der Waals surface area contributed by atoms with E-state index in [1.807, 2.05) is 9.80 Å². The van der Waals surface area contributed by atoms with Crippen molar-refractivity contribution in [1.29, 1.82) is 0 Å². The van der Waals surface area contributed by atoms with Crippen LogP contribution in [0.4, 0.5) is 15.8 Å². The third-order valence-electron chi connectivity index (χ3n) is 7.05. The standard InChI is InChI=1S/C24H34FN5O3/c1-24(2)9-3-4-10-30(24)22(32)16-28-11-13-29(14-12-28)20-7-5-17(15-18(20)25)26-19-6-8-21(31)27-23(19)33/h5,7,15,19,26H,3-4,6,8-14,16H2,1-2H3,(H,27,31,33). The number of piperidine rings is 2. The number of anilines is 2. The number of rotatable bonds is 5. The first-order valence-electron chi connectivity index (χ1n) is 11.9. The maximum Gasteiger partial charge on any atom is 0.249 e. The van der Waals surface area contributed by atoms with Crippen molar-refractivity contribution < 1.29 is 18.8 Å². The predicted molar refractivity (Wildman–Crippen MR) is 124 cm³/mol. The van der Waals surface area contributed by atoms with Crippen LogP contribution in [-0.4, -0.2) is 78.4 Å². The van der Waals surface area contributed by atoms with E-state index >= 15 is 0 Å². The number of amides is 3. The Labute approximate surface area is 194 Å². The van der Waals surface area contributed by atoms with E-state index in [9.17, 15) is 18.8 Å². The van der Waals surface area contributed by atoms with Crippen LogP contribution in [0.5, 0.6) is 0 Å². The summed E-state index contributed by atoms with van der Waals surface area (Å²) in [4.78, 5) is 42.3. The normalized spacial score (nSPS) is 23.9. The number of hydrogen-bond acceptors (Lipinski definition) is 6. The molecule has 180 valence electrons. The van der Waals surface area contributed by atoms with Crippen LogP contribution in [0.25, 0.3) is 0 Å². The van der Waals surface area contributed by atoms with E-state index in [0.717, 1.165) is 19.4 Å². The van der Waals surface area contributed by atoms with Gasteiger partial charge in [-0.15, -0.1) is 0 Å². The van der Waals surface area contributed by atoms with E-state index in [2.05, 4.69) is 29.4 Å². The summed E-state index contributed by atoms with van der Waals surface area (Å²) >= 11 is 0. The lowest BCUT2D eigenvalue weighted by atomic mass is 9.90. The third kappa shape index (κ3) is 5.46. The highest BCUT2D eigenvalue weighted by atomic mass is 19.1. The zero-order valence-electron chi connectivity index (χ0n) is 19.5. The third-order valence-corrected chi connectivity index (χ3v) is 7.05. The molecule has 0 saturated carbocycles. The quantitative estimate of drug-likeness (QED) is 0.655. The molecule has 1 aromatic carbocycles. The maximum atomic E-state index is 14.9. The number of benzene rings is 1. The second-order valence-corrected chi connectivity index (χ2v) is 9.89. The van der Waals surface area contributed by atoms with Crippen LogP contribution >= 0.6 is 0 Å². The zero-order valence-corrected chi connectivity index (χ0v) is 19.5. The Kier molecular flexibility index (Phi) is 6.88. The molecule has 0 aromatic heterocycles. The van der Waals surface area contributed by atoms with Crippen LogP contribution in [0, 0.1) is 5.82 Å². The van der Waals surface area contributed by atoms with Crippen molar-refractivity contribution >= 4 is 29.1 Å². The minimum absolute atomic E-state index is 0.0795. The number of halogens is 1. The van der Waals surface area contributed by atoms with Crippen LogP contribution in [-0.2, 0) is 14.4 Å². The largest absolute Gasteiger partial charge is 0.374 e. The molecule has 8 nitrogen and oxygen atoms in total. The molecule has 3 amide bonds. The van der Waals surface area contributed by atoms with Crippen molar-refractivity contribution in [2.75, 3.05) is 49.5 Å². The summed E-state index contributed by atoms with van der Waals surface area (Å²) in [6.45, 7) is 8.23. The van der Waals surface area contributed by atoms with Gasteiger partial charge in [-0.2, -0.15) is 0 Å². The number of piperazine rings is 1. The molecule has 3 heterocycles. The van der Waals surface area contributed by atoms with Crippen molar-refractivity contribution in [3.63, 3.8) is 0 Å². The summed E-state index contributed by atoms with van der Waals surface area (Å²) in [6.07, 6.45) is 3.94. The Morgan fingerprint density at radius 2 is 1.91 bits per heavy atom. The minimum Gasteiger partial charge on any atom is -0.374 e. The van der Waals surface area contributed by atoms with Gasteiger partial charge in [-0.3, -0.25) is 24.6 Å². The molecule has 1 atom stereocenters. The molecule has 0 bridgehead atoms. The van der Waals surface area contributed by atoms with Gasteiger partial charge in [0.15, 0.2) is 0 Å². The Balaban J connectivity index is 1.30. The highest BCUT2D eigenvalue weighted by molar-refractivity contribution is 6.01. The molecule has 3 aliphatic heterocycles. The highest BCUT2D eigenvalue weighted by Gasteiger charge is 2.34. The summed E-state index contributed by atoms with van der Waals surface area (Å²) in [5.41, 5.74) is 0.954. The van der Waals surface area contributed by atoms with Crippen molar-refractivity contribution in [3.8, 4) is 0 Å². The number of nitrogens with zero attached hydrogens (tertiary/aromatic N) is 3. The predicted octanol–water partition coefficient (Wildman–Crippen LogP) is 1.96. The van der Waals surface area contributed by atoms with Gasteiger partial charge in [0.1, 0.15) is 11.9 Å². The molecule has 0 aliphatic carbocycles. The summed E-state index contributed by atoms with van der Waals surface area (Å²) in [6, 6.07) is 4.34. The smallest absolute Gasteiger partial charge is 0.249 e. The van der Waals surface area contributed by atoms with E-state index in [-0.39, 0.29) is 35.5 Å². The van der Waals surface area contributed by atoms with E-state index in [4.69, 9.17) is 0 Å². The molecular formula is C24H34FN5O3. The second-order valence-electron chi connectivity index (χ2n) is 9.89. The van der Waals surface area contributed by atoms with Gasteiger partial charge in [0, 0.05) is 50.4 Å². The number of carbonyl (C=O) groups is 3. The molecule has 0 radical (unpaired) electrons. The number of nitrogens with one attached hydrogen (secondary N) is 2. The monoisotopic (exact) mass is 459 g/mol. The van der Waals surface area contributed by atoms with Crippen LogP contribution in [0.3, 0.4) is 0 Å². The fourth-order valence-electron chi connectivity index (χ4n) is 5.04. The molecule has 3 saturated heterocycles. The summed E-state index contributed by atoms with van der Waals surface area (Å²) in [5.74, 6) is -0.829. The van der Waals surface area contributed by atoms with Gasteiger partial charge in [0.2, 0.25) is 17.7 Å². The van der Waals surface area contributed by atoms with Crippen LogP contribution in [0.2, 0.25) is 0 Å². The molecular weight excluding hydrogens is 425 g/mol. The van der Waals surface area contributed by atoms with Gasteiger partial charge < -0.3 is 15.1 Å². The van der Waals surface area contributed by atoms with Gasteiger partial charge in [-0.1, -0.05) is 0 Å². The number of hydrogen-bond donors (Lipinski definition) is 2. The molecule has 0 spiro atoms. The fourth-order valence-corrected chi connectivity index (χ4v) is 5.04. The summed E-state index contributed by atoms with van der Waals surface area (Å²) < 4.78 is 14.9. The van der Waals surface area contributed by atoms with Crippen LogP contribution in [0.1, 0.15) is 46.0 Å². The fraction of sp³-hybridized carbons (Fsp3) is 0.625. The van der Waals surface area contributed by atoms with Crippen LogP contribution in [0.15, 0.2) is 18.2 Å². The van der Waals surface area contributed by atoms with Crippen molar-refractivity contribution in [3.05, 3.63) is 24.0 Å². The maximum absolute atomic E-state index is 14.9. The SMILES string of the molecule is CC1(C)CCCCN1C(=O)CN1CCN(c2ccc(NC3CCC(=O)NC3=O)cc2F)CC1. The van der Waals surface area contributed by atoms with Gasteiger partial charge >= 0.3 is 0 Å². The van der Waals surface area contributed by atoms with Gasteiger partial charge in [0.25, 0.3) is 0 Å². The molecule has 1 unspecified atom stereocenters. The molecule has 33 heavy (non-hydrogen) atoms.